The predicted octanol–water partition coefficient (Wildman–Crippen LogP) is 3.08. The fourth-order valence-corrected chi connectivity index (χ4v) is 2.58. The van der Waals surface area contributed by atoms with Gasteiger partial charge in [-0.25, -0.2) is 0 Å². The normalized spacial score (nSPS) is 15.1. The molecule has 1 aliphatic rings. The van der Waals surface area contributed by atoms with E-state index in [9.17, 15) is 22.8 Å². The summed E-state index contributed by atoms with van der Waals surface area (Å²) in [5.74, 6) is -0.0150. The molecule has 1 fully saturated rings. The van der Waals surface area contributed by atoms with Gasteiger partial charge in [-0.15, -0.1) is 0 Å². The maximum Gasteiger partial charge on any atom is 0.390 e. The Balaban J connectivity index is 1.91. The van der Waals surface area contributed by atoms with Crippen molar-refractivity contribution in [2.24, 2.45) is 0 Å². The van der Waals surface area contributed by atoms with Gasteiger partial charge in [-0.3, -0.25) is 9.59 Å². The lowest BCUT2D eigenvalue weighted by Crippen LogP contribution is -2.35. The lowest BCUT2D eigenvalue weighted by Gasteiger charge is -2.19. The number of carbonyl (C=O) groups is 2. The third kappa shape index (κ3) is 5.37. The smallest absolute Gasteiger partial charge is 0.390 e. The van der Waals surface area contributed by atoms with Gasteiger partial charge in [0, 0.05) is 6.54 Å². The number of halogens is 3. The summed E-state index contributed by atoms with van der Waals surface area (Å²) >= 11 is 0. The average molecular weight is 372 g/mol. The van der Waals surface area contributed by atoms with Gasteiger partial charge in [0.1, 0.15) is 12.3 Å². The highest BCUT2D eigenvalue weighted by Gasteiger charge is 2.34. The Morgan fingerprint density at radius 1 is 1.31 bits per heavy atom. The van der Waals surface area contributed by atoms with Gasteiger partial charge in [0.05, 0.1) is 13.1 Å². The zero-order chi connectivity index (χ0) is 19.5. The van der Waals surface area contributed by atoms with Crippen molar-refractivity contribution in [2.45, 2.75) is 39.3 Å². The van der Waals surface area contributed by atoms with E-state index in [1.165, 1.54) is 4.90 Å². The number of rotatable bonds is 6. The molecule has 144 valence electrons. The van der Waals surface area contributed by atoms with Crippen LogP contribution in [0.5, 0.6) is 5.75 Å². The van der Waals surface area contributed by atoms with E-state index in [1.54, 1.807) is 0 Å². The second-order valence-corrected chi connectivity index (χ2v) is 6.72. The van der Waals surface area contributed by atoms with Crippen LogP contribution in [0.1, 0.15) is 37.3 Å². The van der Waals surface area contributed by atoms with Crippen molar-refractivity contribution in [1.82, 2.24) is 9.80 Å². The van der Waals surface area contributed by atoms with Crippen molar-refractivity contribution in [1.29, 1.82) is 0 Å². The molecule has 2 amide bonds. The molecule has 2 rings (SSSR count). The minimum absolute atomic E-state index is 0.137. The minimum atomic E-state index is -4.33. The topological polar surface area (TPSA) is 49.9 Å². The molecule has 1 heterocycles. The van der Waals surface area contributed by atoms with Crippen molar-refractivity contribution in [3.05, 3.63) is 29.3 Å². The third-order valence-corrected chi connectivity index (χ3v) is 4.27. The first-order valence-corrected chi connectivity index (χ1v) is 8.42. The molecule has 0 bridgehead atoms. The Hall–Kier alpha value is -2.25. The number of ether oxygens (including phenoxy) is 1. The van der Waals surface area contributed by atoms with Gasteiger partial charge in [-0.05, 0) is 30.0 Å². The Labute approximate surface area is 150 Å². The number of alkyl halides is 3. The third-order valence-electron chi connectivity index (χ3n) is 4.27. The lowest BCUT2D eigenvalue weighted by atomic mass is 10.0. The van der Waals surface area contributed by atoms with Crippen molar-refractivity contribution in [3.63, 3.8) is 0 Å². The second kappa shape index (κ2) is 7.97. The maximum absolute atomic E-state index is 12.3. The van der Waals surface area contributed by atoms with E-state index in [0.29, 0.717) is 11.7 Å². The fraction of sp³-hybridized carbons (Fsp3) is 0.556. The summed E-state index contributed by atoms with van der Waals surface area (Å²) in [5.41, 5.74) is 1.96. The van der Waals surface area contributed by atoms with Crippen molar-refractivity contribution < 1.29 is 27.5 Å². The summed E-state index contributed by atoms with van der Waals surface area (Å²) in [6, 6.07) is 5.78. The standard InChI is InChI=1S/C18H23F3N2O3/c1-12(2)14-5-4-13(3)15(8-14)26-10-17(25)23-9-16(24)22(11-23)7-6-18(19,20)21/h4-5,8,12H,6-7,9-11H2,1-3H3. The highest BCUT2D eigenvalue weighted by Crippen LogP contribution is 2.25. The molecule has 26 heavy (non-hydrogen) atoms. The van der Waals surface area contributed by atoms with E-state index in [2.05, 4.69) is 0 Å². The van der Waals surface area contributed by atoms with Crippen molar-refractivity contribution in [3.8, 4) is 5.75 Å². The number of carbonyl (C=O) groups excluding carboxylic acids is 2. The molecule has 1 aromatic carbocycles. The van der Waals surface area contributed by atoms with Gasteiger partial charge in [-0.2, -0.15) is 13.2 Å². The SMILES string of the molecule is Cc1ccc(C(C)C)cc1OCC(=O)N1CC(=O)N(CCC(F)(F)F)C1. The molecule has 5 nitrogen and oxygen atoms in total. The van der Waals surface area contributed by atoms with Crippen LogP contribution in [-0.2, 0) is 9.59 Å². The molecule has 0 unspecified atom stereocenters. The molecule has 0 spiro atoms. The zero-order valence-corrected chi connectivity index (χ0v) is 15.1. The van der Waals surface area contributed by atoms with E-state index < -0.39 is 31.0 Å². The number of amides is 2. The Morgan fingerprint density at radius 2 is 2.00 bits per heavy atom. The monoisotopic (exact) mass is 372 g/mol. The molecule has 0 aliphatic carbocycles. The van der Waals surface area contributed by atoms with Crippen LogP contribution in [0.2, 0.25) is 0 Å². The van der Waals surface area contributed by atoms with E-state index in [1.807, 2.05) is 39.0 Å². The zero-order valence-electron chi connectivity index (χ0n) is 15.1. The molecule has 0 saturated carbocycles. The number of hydrogen-bond donors (Lipinski definition) is 0. The van der Waals surface area contributed by atoms with Crippen LogP contribution in [0, 0.1) is 6.92 Å². The van der Waals surface area contributed by atoms with Crippen LogP contribution >= 0.6 is 0 Å². The van der Waals surface area contributed by atoms with E-state index in [-0.39, 0.29) is 19.8 Å². The van der Waals surface area contributed by atoms with Crippen LogP contribution in [0.15, 0.2) is 18.2 Å². The molecule has 0 atom stereocenters. The van der Waals surface area contributed by atoms with Gasteiger partial charge in [-0.1, -0.05) is 26.0 Å². The molecule has 0 N–H and O–H groups in total. The van der Waals surface area contributed by atoms with Crippen LogP contribution in [-0.4, -0.2) is 54.2 Å². The number of hydrogen-bond acceptors (Lipinski definition) is 3. The Bertz CT molecular complexity index is 674. The Kier molecular flexibility index (Phi) is 6.15. The predicted molar refractivity (Wildman–Crippen MR) is 89.7 cm³/mol. The van der Waals surface area contributed by atoms with E-state index in [4.69, 9.17) is 4.74 Å². The molecule has 8 heteroatoms. The van der Waals surface area contributed by atoms with Crippen molar-refractivity contribution >= 4 is 11.8 Å². The molecule has 1 aliphatic heterocycles. The minimum Gasteiger partial charge on any atom is -0.483 e. The van der Waals surface area contributed by atoms with Gasteiger partial charge in [0.25, 0.3) is 5.91 Å². The highest BCUT2D eigenvalue weighted by molar-refractivity contribution is 5.88. The number of aryl methyl sites for hydroxylation is 1. The summed E-state index contributed by atoms with van der Waals surface area (Å²) in [7, 11) is 0. The fourth-order valence-electron chi connectivity index (χ4n) is 2.58. The molecular weight excluding hydrogens is 349 g/mol. The summed E-state index contributed by atoms with van der Waals surface area (Å²) in [6.07, 6.45) is -5.42. The molecule has 1 aromatic rings. The van der Waals surface area contributed by atoms with Gasteiger partial charge < -0.3 is 14.5 Å². The second-order valence-electron chi connectivity index (χ2n) is 6.72. The molecule has 1 saturated heterocycles. The average Bonchev–Trinajstić information content (AvgIpc) is 2.92. The molecular formula is C18H23F3N2O3. The van der Waals surface area contributed by atoms with E-state index in [0.717, 1.165) is 16.0 Å². The number of nitrogens with zero attached hydrogens (tertiary/aromatic N) is 2. The summed E-state index contributed by atoms with van der Waals surface area (Å²) in [6.45, 7) is 4.90. The maximum atomic E-state index is 12.3. The summed E-state index contributed by atoms with van der Waals surface area (Å²) in [4.78, 5) is 26.3. The molecule has 0 aromatic heterocycles. The van der Waals surface area contributed by atoms with Crippen LogP contribution in [0.4, 0.5) is 13.2 Å². The quantitative estimate of drug-likeness (QED) is 0.771. The van der Waals surface area contributed by atoms with Crippen LogP contribution in [0.3, 0.4) is 0 Å². The van der Waals surface area contributed by atoms with Gasteiger partial charge in [0.2, 0.25) is 5.91 Å². The van der Waals surface area contributed by atoms with Crippen LogP contribution < -0.4 is 4.74 Å². The lowest BCUT2D eigenvalue weighted by molar-refractivity contribution is -0.142. The molecule has 0 radical (unpaired) electrons. The van der Waals surface area contributed by atoms with E-state index >= 15 is 0 Å². The van der Waals surface area contributed by atoms with Crippen molar-refractivity contribution in [2.75, 3.05) is 26.4 Å². The van der Waals surface area contributed by atoms with Gasteiger partial charge >= 0.3 is 6.18 Å². The first-order valence-electron chi connectivity index (χ1n) is 8.42. The van der Waals surface area contributed by atoms with Gasteiger partial charge in [0.15, 0.2) is 6.61 Å². The Morgan fingerprint density at radius 3 is 2.62 bits per heavy atom. The summed E-state index contributed by atoms with van der Waals surface area (Å²) < 4.78 is 42.5. The number of benzene rings is 1. The summed E-state index contributed by atoms with van der Waals surface area (Å²) in [5, 5.41) is 0. The first kappa shape index (κ1) is 20.1. The first-order chi connectivity index (χ1) is 12.1. The van der Waals surface area contributed by atoms with Crippen LogP contribution in [0.25, 0.3) is 0 Å². The highest BCUT2D eigenvalue weighted by atomic mass is 19.4. The largest absolute Gasteiger partial charge is 0.483 e.